The third-order valence-corrected chi connectivity index (χ3v) is 4.55. The molecule has 1 saturated heterocycles. The predicted molar refractivity (Wildman–Crippen MR) is 98.4 cm³/mol. The Labute approximate surface area is 150 Å². The van der Waals surface area contributed by atoms with Gasteiger partial charge in [0.05, 0.1) is 5.92 Å². The van der Waals surface area contributed by atoms with Crippen molar-refractivity contribution in [3.63, 3.8) is 0 Å². The van der Waals surface area contributed by atoms with Crippen molar-refractivity contribution in [2.45, 2.75) is 58.7 Å². The molecule has 0 radical (unpaired) electrons. The predicted octanol–water partition coefficient (Wildman–Crippen LogP) is 3.55. The molecular formula is C20H30N2O3. The molecule has 3 atom stereocenters. The molecule has 138 valence electrons. The van der Waals surface area contributed by atoms with E-state index in [4.69, 9.17) is 4.74 Å². The second kappa shape index (κ2) is 8.00. The first-order valence-electron chi connectivity index (χ1n) is 8.97. The number of nitrogens with one attached hydrogen (secondary N) is 1. The summed E-state index contributed by atoms with van der Waals surface area (Å²) in [5.41, 5.74) is 0.666. The molecule has 25 heavy (non-hydrogen) atoms. The van der Waals surface area contributed by atoms with Crippen LogP contribution in [0.25, 0.3) is 0 Å². The first-order chi connectivity index (χ1) is 11.7. The quantitative estimate of drug-likeness (QED) is 0.906. The molecule has 1 fully saturated rings. The van der Waals surface area contributed by atoms with Crippen LogP contribution in [-0.2, 0) is 9.53 Å². The number of hydrogen-bond donors (Lipinski definition) is 1. The van der Waals surface area contributed by atoms with E-state index in [9.17, 15) is 9.59 Å². The van der Waals surface area contributed by atoms with Crippen molar-refractivity contribution in [1.82, 2.24) is 10.2 Å². The molecule has 0 saturated carbocycles. The van der Waals surface area contributed by atoms with E-state index in [1.54, 1.807) is 11.8 Å². The maximum absolute atomic E-state index is 12.3. The van der Waals surface area contributed by atoms with Crippen LogP contribution >= 0.6 is 0 Å². The van der Waals surface area contributed by atoms with Crippen LogP contribution in [0.15, 0.2) is 30.3 Å². The topological polar surface area (TPSA) is 58.6 Å². The summed E-state index contributed by atoms with van der Waals surface area (Å²) in [5.74, 6) is -0.113. The van der Waals surface area contributed by atoms with Gasteiger partial charge >= 0.3 is 6.09 Å². The van der Waals surface area contributed by atoms with Gasteiger partial charge in [-0.1, -0.05) is 30.3 Å². The molecule has 5 nitrogen and oxygen atoms in total. The minimum atomic E-state index is -0.528. The summed E-state index contributed by atoms with van der Waals surface area (Å²) >= 11 is 0. The van der Waals surface area contributed by atoms with E-state index in [1.807, 2.05) is 39.0 Å². The van der Waals surface area contributed by atoms with Gasteiger partial charge in [0, 0.05) is 25.2 Å². The van der Waals surface area contributed by atoms with Gasteiger partial charge in [-0.15, -0.1) is 0 Å². The van der Waals surface area contributed by atoms with Gasteiger partial charge in [-0.2, -0.15) is 0 Å². The van der Waals surface area contributed by atoms with E-state index in [1.165, 1.54) is 5.56 Å². The van der Waals surface area contributed by atoms with E-state index in [0.29, 0.717) is 13.1 Å². The first kappa shape index (κ1) is 19.4. The highest BCUT2D eigenvalue weighted by Crippen LogP contribution is 2.23. The monoisotopic (exact) mass is 346 g/mol. The lowest BCUT2D eigenvalue weighted by molar-refractivity contribution is -0.123. The number of nitrogens with zero attached hydrogens (tertiary/aromatic N) is 1. The molecule has 2 rings (SSSR count). The van der Waals surface area contributed by atoms with Crippen LogP contribution in [0.4, 0.5) is 4.79 Å². The lowest BCUT2D eigenvalue weighted by Gasteiger charge is -2.39. The Morgan fingerprint density at radius 1 is 1.24 bits per heavy atom. The van der Waals surface area contributed by atoms with Crippen LogP contribution in [0.2, 0.25) is 0 Å². The fraction of sp³-hybridized carbons (Fsp3) is 0.600. The lowest BCUT2D eigenvalue weighted by Crippen LogP contribution is -2.54. The van der Waals surface area contributed by atoms with Crippen LogP contribution < -0.4 is 5.32 Å². The van der Waals surface area contributed by atoms with Gasteiger partial charge in [-0.25, -0.2) is 4.79 Å². The molecule has 1 aliphatic heterocycles. The maximum atomic E-state index is 12.3. The first-order valence-corrected chi connectivity index (χ1v) is 8.97. The molecule has 0 aromatic heterocycles. The zero-order chi connectivity index (χ0) is 18.6. The highest BCUT2D eigenvalue weighted by atomic mass is 16.6. The van der Waals surface area contributed by atoms with Crippen LogP contribution in [0.5, 0.6) is 0 Å². The number of ketones is 1. The minimum Gasteiger partial charge on any atom is -0.444 e. The Bertz CT molecular complexity index is 595. The molecule has 1 amide bonds. The average molecular weight is 346 g/mol. The Morgan fingerprint density at radius 2 is 1.88 bits per heavy atom. The van der Waals surface area contributed by atoms with E-state index in [0.717, 1.165) is 6.42 Å². The Balaban J connectivity index is 2.02. The smallest absolute Gasteiger partial charge is 0.410 e. The van der Waals surface area contributed by atoms with Crippen molar-refractivity contribution in [3.8, 4) is 0 Å². The average Bonchev–Trinajstić information content (AvgIpc) is 2.54. The Morgan fingerprint density at radius 3 is 2.44 bits per heavy atom. The van der Waals surface area contributed by atoms with Gasteiger partial charge in [0.25, 0.3) is 0 Å². The standard InChI is InChI=1S/C20H30N2O3/c1-14(16-9-7-6-8-10-16)21-18-11-12-22(13-17(18)15(2)23)19(24)25-20(3,4)5/h6-10,14,17-18,21H,11-13H2,1-5H3/t14-,17-,18-/m0/s1. The van der Waals surface area contributed by atoms with Gasteiger partial charge in [0.15, 0.2) is 0 Å². The highest BCUT2D eigenvalue weighted by molar-refractivity contribution is 5.80. The zero-order valence-electron chi connectivity index (χ0n) is 15.9. The van der Waals surface area contributed by atoms with Crippen LogP contribution in [0.1, 0.15) is 52.6 Å². The zero-order valence-corrected chi connectivity index (χ0v) is 15.9. The molecule has 1 aliphatic rings. The molecule has 0 spiro atoms. The Hall–Kier alpha value is -1.88. The molecule has 5 heteroatoms. The summed E-state index contributed by atoms with van der Waals surface area (Å²) in [6, 6.07) is 10.4. The van der Waals surface area contributed by atoms with Gasteiger partial charge in [-0.05, 0) is 46.6 Å². The summed E-state index contributed by atoms with van der Waals surface area (Å²) in [6.45, 7) is 10.3. The van der Waals surface area contributed by atoms with E-state index < -0.39 is 5.60 Å². The number of carbonyl (C=O) groups excluding carboxylic acids is 2. The third-order valence-electron chi connectivity index (χ3n) is 4.55. The van der Waals surface area contributed by atoms with E-state index in [2.05, 4.69) is 24.4 Å². The second-order valence-electron chi connectivity index (χ2n) is 7.84. The number of rotatable bonds is 4. The summed E-state index contributed by atoms with van der Waals surface area (Å²) in [6.07, 6.45) is 0.397. The number of benzene rings is 1. The van der Waals surface area contributed by atoms with Gasteiger partial charge in [0.2, 0.25) is 0 Å². The van der Waals surface area contributed by atoms with E-state index >= 15 is 0 Å². The summed E-state index contributed by atoms with van der Waals surface area (Å²) < 4.78 is 5.45. The molecular weight excluding hydrogens is 316 g/mol. The number of amides is 1. The number of ether oxygens (including phenoxy) is 1. The maximum Gasteiger partial charge on any atom is 0.410 e. The number of likely N-dealkylation sites (tertiary alicyclic amines) is 1. The van der Waals surface area contributed by atoms with Gasteiger partial charge in [-0.3, -0.25) is 4.79 Å². The fourth-order valence-electron chi connectivity index (χ4n) is 3.21. The largest absolute Gasteiger partial charge is 0.444 e. The van der Waals surface area contributed by atoms with Crippen LogP contribution in [0.3, 0.4) is 0 Å². The molecule has 1 aromatic carbocycles. The molecule has 1 N–H and O–H groups in total. The summed E-state index contributed by atoms with van der Waals surface area (Å²) in [7, 11) is 0. The molecule has 1 aromatic rings. The highest BCUT2D eigenvalue weighted by Gasteiger charge is 2.36. The Kier molecular flexibility index (Phi) is 6.22. The second-order valence-corrected chi connectivity index (χ2v) is 7.84. The van der Waals surface area contributed by atoms with Crippen molar-refractivity contribution in [2.24, 2.45) is 5.92 Å². The summed E-state index contributed by atoms with van der Waals surface area (Å²) in [4.78, 5) is 26.1. The van der Waals surface area contributed by atoms with Crippen molar-refractivity contribution in [1.29, 1.82) is 0 Å². The van der Waals surface area contributed by atoms with Gasteiger partial charge < -0.3 is 15.0 Å². The number of carbonyl (C=O) groups is 2. The van der Waals surface area contributed by atoms with Crippen LogP contribution in [-0.4, -0.2) is 41.5 Å². The molecule has 1 heterocycles. The molecule has 0 unspecified atom stereocenters. The van der Waals surface area contributed by atoms with Crippen molar-refractivity contribution >= 4 is 11.9 Å². The van der Waals surface area contributed by atoms with Gasteiger partial charge in [0.1, 0.15) is 11.4 Å². The summed E-state index contributed by atoms with van der Waals surface area (Å²) in [5, 5.41) is 3.57. The van der Waals surface area contributed by atoms with Crippen molar-refractivity contribution in [3.05, 3.63) is 35.9 Å². The number of hydrogen-bond acceptors (Lipinski definition) is 4. The van der Waals surface area contributed by atoms with Crippen molar-refractivity contribution in [2.75, 3.05) is 13.1 Å². The van der Waals surface area contributed by atoms with Crippen molar-refractivity contribution < 1.29 is 14.3 Å². The third kappa shape index (κ3) is 5.56. The lowest BCUT2D eigenvalue weighted by atomic mass is 9.88. The molecule has 0 bridgehead atoms. The SMILES string of the molecule is CC(=O)[C@@H]1CN(C(=O)OC(C)(C)C)CC[C@@H]1N[C@@H](C)c1ccccc1. The minimum absolute atomic E-state index is 0.0615. The number of piperidine rings is 1. The van der Waals surface area contributed by atoms with E-state index in [-0.39, 0.29) is 29.9 Å². The fourth-order valence-corrected chi connectivity index (χ4v) is 3.21. The van der Waals surface area contributed by atoms with Crippen LogP contribution in [0, 0.1) is 5.92 Å². The molecule has 0 aliphatic carbocycles. The normalized spacial score (nSPS) is 22.4. The number of Topliss-reactive ketones (excluding diaryl/α,β-unsaturated/α-hetero) is 1.